The minimum absolute atomic E-state index is 0.00438. The molecule has 1 aromatic heterocycles. The number of nitrogen functional groups attached to an aromatic ring is 1. The largest absolute Gasteiger partial charge is 0.399 e. The SMILES string of the molecule is Cc1cc(C(=O)N2Cc3ccc(N)cc3C2)c(C)nn1. The van der Waals surface area contributed by atoms with Gasteiger partial charge in [-0.15, -0.1) is 0 Å². The van der Waals surface area contributed by atoms with Gasteiger partial charge < -0.3 is 10.6 Å². The van der Waals surface area contributed by atoms with E-state index < -0.39 is 0 Å². The molecule has 2 aromatic rings. The second-order valence-corrected chi connectivity index (χ2v) is 5.17. The third-order valence-corrected chi connectivity index (χ3v) is 3.57. The van der Waals surface area contributed by atoms with Crippen molar-refractivity contribution in [2.24, 2.45) is 0 Å². The summed E-state index contributed by atoms with van der Waals surface area (Å²) in [6, 6.07) is 7.59. The quantitative estimate of drug-likeness (QED) is 0.801. The van der Waals surface area contributed by atoms with Crippen LogP contribution in [0.25, 0.3) is 0 Å². The highest BCUT2D eigenvalue weighted by Crippen LogP contribution is 2.26. The zero-order valence-corrected chi connectivity index (χ0v) is 11.6. The highest BCUT2D eigenvalue weighted by atomic mass is 16.2. The predicted molar refractivity (Wildman–Crippen MR) is 75.9 cm³/mol. The maximum atomic E-state index is 12.6. The van der Waals surface area contributed by atoms with E-state index >= 15 is 0 Å². The Morgan fingerprint density at radius 2 is 1.90 bits per heavy atom. The van der Waals surface area contributed by atoms with Crippen LogP contribution in [0.5, 0.6) is 0 Å². The third-order valence-electron chi connectivity index (χ3n) is 3.57. The number of nitrogens with zero attached hydrogens (tertiary/aromatic N) is 3. The highest BCUT2D eigenvalue weighted by Gasteiger charge is 2.25. The normalized spacial score (nSPS) is 13.4. The molecule has 0 unspecified atom stereocenters. The Bertz CT molecular complexity index is 696. The molecular formula is C15H16N4O. The van der Waals surface area contributed by atoms with E-state index in [1.807, 2.05) is 30.0 Å². The summed E-state index contributed by atoms with van der Waals surface area (Å²) in [6.45, 7) is 4.86. The minimum atomic E-state index is -0.00438. The molecule has 2 heterocycles. The molecule has 0 radical (unpaired) electrons. The molecule has 5 nitrogen and oxygen atoms in total. The van der Waals surface area contributed by atoms with Gasteiger partial charge in [0.25, 0.3) is 5.91 Å². The maximum absolute atomic E-state index is 12.6. The molecule has 0 aliphatic carbocycles. The summed E-state index contributed by atoms with van der Waals surface area (Å²) < 4.78 is 0. The lowest BCUT2D eigenvalue weighted by atomic mass is 10.1. The summed E-state index contributed by atoms with van der Waals surface area (Å²) in [4.78, 5) is 14.4. The van der Waals surface area contributed by atoms with Gasteiger partial charge >= 0.3 is 0 Å². The van der Waals surface area contributed by atoms with Crippen LogP contribution in [-0.2, 0) is 13.1 Å². The number of aryl methyl sites for hydroxylation is 2. The van der Waals surface area contributed by atoms with Crippen LogP contribution < -0.4 is 5.73 Å². The van der Waals surface area contributed by atoms with E-state index in [4.69, 9.17) is 5.73 Å². The van der Waals surface area contributed by atoms with Crippen molar-refractivity contribution in [1.82, 2.24) is 15.1 Å². The molecule has 20 heavy (non-hydrogen) atoms. The van der Waals surface area contributed by atoms with Crippen LogP contribution in [0.2, 0.25) is 0 Å². The van der Waals surface area contributed by atoms with Gasteiger partial charge in [-0.2, -0.15) is 10.2 Å². The smallest absolute Gasteiger partial charge is 0.256 e. The molecule has 0 bridgehead atoms. The van der Waals surface area contributed by atoms with Gasteiger partial charge in [-0.05, 0) is 43.2 Å². The van der Waals surface area contributed by atoms with Gasteiger partial charge in [0.15, 0.2) is 0 Å². The first-order valence-electron chi connectivity index (χ1n) is 6.52. The first kappa shape index (κ1) is 12.6. The van der Waals surface area contributed by atoms with Crippen molar-refractivity contribution < 1.29 is 4.79 Å². The van der Waals surface area contributed by atoms with Gasteiger partial charge in [0.05, 0.1) is 17.0 Å². The number of hydrogen-bond donors (Lipinski definition) is 1. The van der Waals surface area contributed by atoms with Crippen LogP contribution in [0.4, 0.5) is 5.69 Å². The summed E-state index contributed by atoms with van der Waals surface area (Å²) >= 11 is 0. The van der Waals surface area contributed by atoms with Crippen LogP contribution in [0.1, 0.15) is 32.9 Å². The number of anilines is 1. The molecule has 102 valence electrons. The molecule has 0 saturated carbocycles. The Labute approximate surface area is 117 Å². The molecule has 0 saturated heterocycles. The van der Waals surface area contributed by atoms with Crippen molar-refractivity contribution in [3.05, 3.63) is 52.3 Å². The van der Waals surface area contributed by atoms with Crippen LogP contribution in [0.15, 0.2) is 24.3 Å². The highest BCUT2D eigenvalue weighted by molar-refractivity contribution is 5.95. The lowest BCUT2D eigenvalue weighted by molar-refractivity contribution is 0.0749. The van der Waals surface area contributed by atoms with E-state index in [0.717, 1.165) is 22.5 Å². The van der Waals surface area contributed by atoms with Crippen LogP contribution in [0.3, 0.4) is 0 Å². The summed E-state index contributed by atoms with van der Waals surface area (Å²) in [5.74, 6) is -0.00438. The zero-order chi connectivity index (χ0) is 14.3. The fraction of sp³-hybridized carbons (Fsp3) is 0.267. The Morgan fingerprint density at radius 1 is 1.15 bits per heavy atom. The van der Waals surface area contributed by atoms with E-state index in [2.05, 4.69) is 10.2 Å². The van der Waals surface area contributed by atoms with Crippen molar-refractivity contribution in [2.45, 2.75) is 26.9 Å². The fourth-order valence-corrected chi connectivity index (χ4v) is 2.49. The van der Waals surface area contributed by atoms with E-state index in [1.54, 1.807) is 13.0 Å². The number of hydrogen-bond acceptors (Lipinski definition) is 4. The minimum Gasteiger partial charge on any atom is -0.399 e. The molecule has 3 rings (SSSR count). The molecular weight excluding hydrogens is 252 g/mol. The van der Waals surface area contributed by atoms with Gasteiger partial charge in [-0.1, -0.05) is 6.07 Å². The standard InChI is InChI=1S/C15H16N4O/c1-9-5-14(10(2)18-17-9)15(20)19-7-11-3-4-13(16)6-12(11)8-19/h3-6H,7-8,16H2,1-2H3. The maximum Gasteiger partial charge on any atom is 0.256 e. The van der Waals surface area contributed by atoms with Gasteiger partial charge in [0, 0.05) is 18.8 Å². The van der Waals surface area contributed by atoms with Crippen molar-refractivity contribution in [3.63, 3.8) is 0 Å². The molecule has 1 amide bonds. The second-order valence-electron chi connectivity index (χ2n) is 5.17. The number of amides is 1. The Hall–Kier alpha value is -2.43. The molecule has 1 aliphatic rings. The molecule has 1 aromatic carbocycles. The summed E-state index contributed by atoms with van der Waals surface area (Å²) in [7, 11) is 0. The van der Waals surface area contributed by atoms with Crippen molar-refractivity contribution in [3.8, 4) is 0 Å². The fourth-order valence-electron chi connectivity index (χ4n) is 2.49. The lowest BCUT2D eigenvalue weighted by Gasteiger charge is -2.16. The average molecular weight is 268 g/mol. The second kappa shape index (κ2) is 4.59. The van der Waals surface area contributed by atoms with E-state index in [0.29, 0.717) is 24.3 Å². The molecule has 0 fully saturated rings. The predicted octanol–water partition coefficient (Wildman–Crippen LogP) is 1.83. The van der Waals surface area contributed by atoms with E-state index in [-0.39, 0.29) is 5.91 Å². The summed E-state index contributed by atoms with van der Waals surface area (Å²) in [6.07, 6.45) is 0. The number of benzene rings is 1. The van der Waals surface area contributed by atoms with Crippen LogP contribution in [-0.4, -0.2) is 21.0 Å². The Balaban J connectivity index is 1.89. The Kier molecular flexibility index (Phi) is 2.89. The number of nitrogens with two attached hydrogens (primary N) is 1. The molecule has 2 N–H and O–H groups in total. The third kappa shape index (κ3) is 2.11. The van der Waals surface area contributed by atoms with E-state index in [1.165, 1.54) is 0 Å². The topological polar surface area (TPSA) is 72.1 Å². The molecule has 5 heteroatoms. The lowest BCUT2D eigenvalue weighted by Crippen LogP contribution is -2.26. The van der Waals surface area contributed by atoms with Crippen molar-refractivity contribution in [1.29, 1.82) is 0 Å². The monoisotopic (exact) mass is 268 g/mol. The van der Waals surface area contributed by atoms with Crippen LogP contribution in [0, 0.1) is 13.8 Å². The molecule has 0 atom stereocenters. The first-order valence-corrected chi connectivity index (χ1v) is 6.52. The molecule has 0 spiro atoms. The number of rotatable bonds is 1. The molecule has 1 aliphatic heterocycles. The first-order chi connectivity index (χ1) is 9.54. The summed E-state index contributed by atoms with van der Waals surface area (Å²) in [5, 5.41) is 7.98. The number of fused-ring (bicyclic) bond motifs is 1. The number of carbonyl (C=O) groups excluding carboxylic acids is 1. The summed E-state index contributed by atoms with van der Waals surface area (Å²) in [5.41, 5.74) is 10.8. The van der Waals surface area contributed by atoms with Crippen molar-refractivity contribution in [2.75, 3.05) is 5.73 Å². The zero-order valence-electron chi connectivity index (χ0n) is 11.6. The van der Waals surface area contributed by atoms with E-state index in [9.17, 15) is 4.79 Å². The van der Waals surface area contributed by atoms with Gasteiger partial charge in [0.2, 0.25) is 0 Å². The van der Waals surface area contributed by atoms with Gasteiger partial charge in [0.1, 0.15) is 0 Å². The Morgan fingerprint density at radius 3 is 2.70 bits per heavy atom. The average Bonchev–Trinajstić information content (AvgIpc) is 2.83. The van der Waals surface area contributed by atoms with Gasteiger partial charge in [-0.3, -0.25) is 4.79 Å². The number of carbonyl (C=O) groups is 1. The van der Waals surface area contributed by atoms with Crippen molar-refractivity contribution >= 4 is 11.6 Å². The van der Waals surface area contributed by atoms with Crippen LogP contribution >= 0.6 is 0 Å². The number of aromatic nitrogens is 2. The van der Waals surface area contributed by atoms with Gasteiger partial charge in [-0.25, -0.2) is 0 Å².